The molecule has 0 bridgehead atoms. The minimum atomic E-state index is -0.942. The number of carbonyl (C=O) groups excluding carboxylic acids is 1. The van der Waals surface area contributed by atoms with Crippen LogP contribution < -0.4 is 5.32 Å². The zero-order chi connectivity index (χ0) is 13.6. The number of hydrogen-bond acceptors (Lipinski definition) is 4. The third-order valence-electron chi connectivity index (χ3n) is 1.89. The standard InChI is InChI=1S/C12H23NO4/c1-8(2)13-9(11(15)16)6-7-10(14)17-12(3,4)5/h8-9,13H,6-7H2,1-5H3,(H,15,16). The Hall–Kier alpha value is -1.10. The molecule has 17 heavy (non-hydrogen) atoms. The normalized spacial score (nSPS) is 13.5. The Bertz CT molecular complexity index is 268. The van der Waals surface area contributed by atoms with Crippen LogP contribution in [0, 0.1) is 0 Å². The van der Waals surface area contributed by atoms with Crippen LogP contribution in [0.15, 0.2) is 0 Å². The lowest BCUT2D eigenvalue weighted by Crippen LogP contribution is -2.41. The summed E-state index contributed by atoms with van der Waals surface area (Å²) in [6.07, 6.45) is 0.344. The van der Waals surface area contributed by atoms with Crippen molar-refractivity contribution in [3.8, 4) is 0 Å². The van der Waals surface area contributed by atoms with Gasteiger partial charge in [0.1, 0.15) is 11.6 Å². The van der Waals surface area contributed by atoms with Crippen LogP contribution in [-0.2, 0) is 14.3 Å². The predicted octanol–water partition coefficient (Wildman–Crippen LogP) is 1.56. The Kier molecular flexibility index (Phi) is 6.16. The average molecular weight is 245 g/mol. The molecule has 0 rings (SSSR count). The minimum absolute atomic E-state index is 0.0646. The molecule has 0 amide bonds. The van der Waals surface area contributed by atoms with E-state index in [0.29, 0.717) is 0 Å². The monoisotopic (exact) mass is 245 g/mol. The van der Waals surface area contributed by atoms with Gasteiger partial charge in [0.25, 0.3) is 0 Å². The maximum Gasteiger partial charge on any atom is 0.320 e. The summed E-state index contributed by atoms with van der Waals surface area (Å²) >= 11 is 0. The summed E-state index contributed by atoms with van der Waals surface area (Å²) in [6, 6.07) is -0.641. The summed E-state index contributed by atoms with van der Waals surface area (Å²) in [5.74, 6) is -1.31. The van der Waals surface area contributed by atoms with Crippen LogP contribution in [0.2, 0.25) is 0 Å². The Morgan fingerprint density at radius 2 is 1.82 bits per heavy atom. The van der Waals surface area contributed by atoms with Gasteiger partial charge in [-0.25, -0.2) is 0 Å². The van der Waals surface area contributed by atoms with E-state index in [-0.39, 0.29) is 24.9 Å². The van der Waals surface area contributed by atoms with Crippen LogP contribution in [0.1, 0.15) is 47.5 Å². The largest absolute Gasteiger partial charge is 0.480 e. The summed E-state index contributed by atoms with van der Waals surface area (Å²) in [7, 11) is 0. The fourth-order valence-electron chi connectivity index (χ4n) is 1.34. The van der Waals surface area contributed by atoms with E-state index in [9.17, 15) is 9.59 Å². The van der Waals surface area contributed by atoms with Crippen molar-refractivity contribution < 1.29 is 19.4 Å². The quantitative estimate of drug-likeness (QED) is 0.694. The van der Waals surface area contributed by atoms with Gasteiger partial charge >= 0.3 is 11.9 Å². The van der Waals surface area contributed by atoms with Crippen LogP contribution in [0.5, 0.6) is 0 Å². The van der Waals surface area contributed by atoms with E-state index in [1.807, 2.05) is 13.8 Å². The van der Waals surface area contributed by atoms with Gasteiger partial charge in [-0.05, 0) is 27.2 Å². The van der Waals surface area contributed by atoms with Crippen LogP contribution in [0.4, 0.5) is 0 Å². The zero-order valence-corrected chi connectivity index (χ0v) is 11.2. The van der Waals surface area contributed by atoms with Crippen molar-refractivity contribution >= 4 is 11.9 Å². The Labute approximate surface area is 103 Å². The molecule has 5 nitrogen and oxygen atoms in total. The van der Waals surface area contributed by atoms with E-state index in [1.54, 1.807) is 20.8 Å². The van der Waals surface area contributed by atoms with Crippen molar-refractivity contribution in [1.29, 1.82) is 0 Å². The second kappa shape index (κ2) is 6.59. The molecule has 1 atom stereocenters. The minimum Gasteiger partial charge on any atom is -0.480 e. The zero-order valence-electron chi connectivity index (χ0n) is 11.2. The van der Waals surface area contributed by atoms with Gasteiger partial charge in [-0.15, -0.1) is 0 Å². The van der Waals surface area contributed by atoms with Crippen LogP contribution >= 0.6 is 0 Å². The second-order valence-electron chi connectivity index (χ2n) is 5.34. The fourth-order valence-corrected chi connectivity index (χ4v) is 1.34. The average Bonchev–Trinajstić information content (AvgIpc) is 2.08. The van der Waals surface area contributed by atoms with Crippen LogP contribution in [0.25, 0.3) is 0 Å². The first-order chi connectivity index (χ1) is 7.61. The SMILES string of the molecule is CC(C)NC(CCC(=O)OC(C)(C)C)C(=O)O. The van der Waals surface area contributed by atoms with Crippen molar-refractivity contribution in [2.45, 2.75) is 65.1 Å². The van der Waals surface area contributed by atoms with Gasteiger partial charge < -0.3 is 15.2 Å². The highest BCUT2D eigenvalue weighted by Gasteiger charge is 2.21. The number of carbonyl (C=O) groups is 2. The van der Waals surface area contributed by atoms with Crippen molar-refractivity contribution in [2.75, 3.05) is 0 Å². The molecule has 1 unspecified atom stereocenters. The molecular weight excluding hydrogens is 222 g/mol. The number of aliphatic carboxylic acids is 1. The van der Waals surface area contributed by atoms with E-state index >= 15 is 0 Å². The number of esters is 1. The summed E-state index contributed by atoms with van der Waals surface area (Å²) < 4.78 is 5.11. The van der Waals surface area contributed by atoms with Gasteiger partial charge in [-0.3, -0.25) is 9.59 Å². The molecule has 0 heterocycles. The molecule has 0 saturated heterocycles. The molecule has 2 N–H and O–H groups in total. The maximum absolute atomic E-state index is 11.4. The van der Waals surface area contributed by atoms with Crippen molar-refractivity contribution in [2.24, 2.45) is 0 Å². The molecular formula is C12H23NO4. The number of carboxylic acid groups (broad SMARTS) is 1. The first-order valence-corrected chi connectivity index (χ1v) is 5.82. The number of hydrogen-bond donors (Lipinski definition) is 2. The van der Waals surface area contributed by atoms with E-state index in [4.69, 9.17) is 9.84 Å². The van der Waals surface area contributed by atoms with Gasteiger partial charge in [0.15, 0.2) is 0 Å². The molecule has 0 aromatic carbocycles. The molecule has 100 valence electrons. The lowest BCUT2D eigenvalue weighted by Gasteiger charge is -2.21. The molecule has 0 fully saturated rings. The second-order valence-corrected chi connectivity index (χ2v) is 5.34. The lowest BCUT2D eigenvalue weighted by molar-refractivity contribution is -0.155. The van der Waals surface area contributed by atoms with E-state index < -0.39 is 17.6 Å². The third kappa shape index (κ3) is 8.68. The molecule has 0 aromatic rings. The number of carboxylic acids is 1. The highest BCUT2D eigenvalue weighted by atomic mass is 16.6. The molecule has 5 heteroatoms. The number of rotatable bonds is 6. The number of nitrogens with one attached hydrogen (secondary N) is 1. The molecule has 0 aromatic heterocycles. The van der Waals surface area contributed by atoms with Crippen molar-refractivity contribution in [1.82, 2.24) is 5.32 Å². The molecule has 0 radical (unpaired) electrons. The van der Waals surface area contributed by atoms with Gasteiger partial charge in [0.05, 0.1) is 0 Å². The predicted molar refractivity (Wildman–Crippen MR) is 64.8 cm³/mol. The maximum atomic E-state index is 11.4. The van der Waals surface area contributed by atoms with Crippen molar-refractivity contribution in [3.63, 3.8) is 0 Å². The Morgan fingerprint density at radius 1 is 1.29 bits per heavy atom. The smallest absolute Gasteiger partial charge is 0.320 e. The molecule has 0 spiro atoms. The van der Waals surface area contributed by atoms with Gasteiger partial charge in [0, 0.05) is 12.5 Å². The highest BCUT2D eigenvalue weighted by molar-refractivity contribution is 5.75. The first-order valence-electron chi connectivity index (χ1n) is 5.82. The van der Waals surface area contributed by atoms with E-state index in [1.165, 1.54) is 0 Å². The van der Waals surface area contributed by atoms with Gasteiger partial charge in [-0.1, -0.05) is 13.8 Å². The van der Waals surface area contributed by atoms with Gasteiger partial charge in [0.2, 0.25) is 0 Å². The van der Waals surface area contributed by atoms with Crippen molar-refractivity contribution in [3.05, 3.63) is 0 Å². The molecule has 0 aliphatic heterocycles. The third-order valence-corrected chi connectivity index (χ3v) is 1.89. The Morgan fingerprint density at radius 3 is 2.18 bits per heavy atom. The highest BCUT2D eigenvalue weighted by Crippen LogP contribution is 2.10. The number of ether oxygens (including phenoxy) is 1. The van der Waals surface area contributed by atoms with E-state index in [2.05, 4.69) is 5.32 Å². The van der Waals surface area contributed by atoms with E-state index in [0.717, 1.165) is 0 Å². The molecule has 0 aliphatic rings. The molecule has 0 saturated carbocycles. The first kappa shape index (κ1) is 15.9. The topological polar surface area (TPSA) is 75.6 Å². The van der Waals surface area contributed by atoms with Gasteiger partial charge in [-0.2, -0.15) is 0 Å². The fraction of sp³-hybridized carbons (Fsp3) is 0.833. The van der Waals surface area contributed by atoms with Crippen LogP contribution in [-0.4, -0.2) is 34.7 Å². The summed E-state index contributed by atoms with van der Waals surface area (Å²) in [4.78, 5) is 22.3. The summed E-state index contributed by atoms with van der Waals surface area (Å²) in [5, 5.41) is 11.8. The molecule has 0 aliphatic carbocycles. The summed E-state index contributed by atoms with van der Waals surface area (Å²) in [5.41, 5.74) is -0.527. The summed E-state index contributed by atoms with van der Waals surface area (Å²) in [6.45, 7) is 9.08. The van der Waals surface area contributed by atoms with Crippen LogP contribution in [0.3, 0.4) is 0 Å². The Balaban J connectivity index is 4.13. The lowest BCUT2D eigenvalue weighted by atomic mass is 10.1.